The Morgan fingerprint density at radius 2 is 1.90 bits per heavy atom. The third kappa shape index (κ3) is 6.32. The van der Waals surface area contributed by atoms with E-state index in [-0.39, 0.29) is 41.7 Å². The summed E-state index contributed by atoms with van der Waals surface area (Å²) in [4.78, 5) is 0. The molecule has 0 saturated carbocycles. The molecule has 0 aromatic heterocycles. The fraction of sp³-hybridized carbons (Fsp3) is 0.500. The van der Waals surface area contributed by atoms with Crippen LogP contribution in [0, 0.1) is 6.92 Å². The topological polar surface area (TPSA) is 87.7 Å². The van der Waals surface area contributed by atoms with Crippen LogP contribution in [0.25, 0.3) is 0 Å². The van der Waals surface area contributed by atoms with Crippen molar-refractivity contribution in [3.8, 4) is 11.5 Å². The molecule has 0 unspecified atom stereocenters. The van der Waals surface area contributed by atoms with Crippen molar-refractivity contribution in [2.24, 2.45) is 0 Å². The van der Waals surface area contributed by atoms with E-state index in [4.69, 9.17) is 9.47 Å². The van der Waals surface area contributed by atoms with Gasteiger partial charge in [-0.3, -0.25) is 0 Å². The molecule has 1 aromatic rings. The van der Waals surface area contributed by atoms with Crippen LogP contribution in [0.2, 0.25) is 0 Å². The normalized spacial score (nSPS) is 10.6. The van der Waals surface area contributed by atoms with Crippen molar-refractivity contribution in [1.82, 2.24) is 0 Å². The van der Waals surface area contributed by atoms with Crippen LogP contribution in [0.4, 0.5) is 5.69 Å². The maximum Gasteiger partial charge on any atom is 1.00 e. The van der Waals surface area contributed by atoms with E-state index < -0.39 is 10.1 Å². The molecule has 0 aliphatic rings. The first-order chi connectivity index (χ1) is 8.87. The molecule has 0 radical (unpaired) electrons. The van der Waals surface area contributed by atoms with Crippen LogP contribution in [-0.2, 0) is 10.1 Å². The van der Waals surface area contributed by atoms with E-state index >= 15 is 0 Å². The third-order valence-corrected chi connectivity index (χ3v) is 3.46. The van der Waals surface area contributed by atoms with Gasteiger partial charge in [0.2, 0.25) is 0 Å². The Morgan fingerprint density at radius 3 is 2.40 bits per heavy atom. The van der Waals surface area contributed by atoms with Crippen LogP contribution in [0.15, 0.2) is 12.1 Å². The number of nitrogens with one attached hydrogen (secondary N) is 1. The molecule has 0 amide bonds. The molecule has 0 spiro atoms. The average molecular weight is 311 g/mol. The van der Waals surface area contributed by atoms with Crippen molar-refractivity contribution >= 4 is 15.8 Å². The van der Waals surface area contributed by atoms with Gasteiger partial charge < -0.3 is 19.3 Å². The van der Waals surface area contributed by atoms with Crippen molar-refractivity contribution in [1.29, 1.82) is 0 Å². The molecule has 0 bridgehead atoms. The molecule has 0 saturated heterocycles. The first-order valence-corrected chi connectivity index (χ1v) is 7.35. The molecule has 0 heterocycles. The molecule has 1 rings (SSSR count). The van der Waals surface area contributed by atoms with Crippen LogP contribution < -0.4 is 44.3 Å². The van der Waals surface area contributed by atoms with Crippen molar-refractivity contribution in [3.63, 3.8) is 0 Å². The number of ether oxygens (including phenoxy) is 2. The molecule has 1 aromatic carbocycles. The largest absolute Gasteiger partial charge is 1.00 e. The monoisotopic (exact) mass is 311 g/mol. The van der Waals surface area contributed by atoms with Crippen molar-refractivity contribution in [2.45, 2.75) is 13.3 Å². The van der Waals surface area contributed by atoms with E-state index in [9.17, 15) is 13.0 Å². The van der Waals surface area contributed by atoms with E-state index in [1.54, 1.807) is 26.4 Å². The summed E-state index contributed by atoms with van der Waals surface area (Å²) >= 11 is 0. The minimum Gasteiger partial charge on any atom is -0.748 e. The van der Waals surface area contributed by atoms with Gasteiger partial charge >= 0.3 is 29.6 Å². The summed E-state index contributed by atoms with van der Waals surface area (Å²) < 4.78 is 41.8. The second kappa shape index (κ2) is 8.74. The van der Waals surface area contributed by atoms with E-state index in [0.29, 0.717) is 18.0 Å². The fourth-order valence-electron chi connectivity index (χ4n) is 1.65. The molecule has 108 valence electrons. The number of anilines is 1. The third-order valence-electron chi connectivity index (χ3n) is 2.68. The molecule has 0 aliphatic heterocycles. The van der Waals surface area contributed by atoms with E-state index in [0.717, 1.165) is 11.3 Å². The SMILES string of the molecule is COc1cc(NCCCS(=O)(=O)[O-])c(C)c(OC)c1.[Na+]. The van der Waals surface area contributed by atoms with E-state index in [1.165, 1.54) is 0 Å². The van der Waals surface area contributed by atoms with Crippen LogP contribution in [-0.4, -0.2) is 39.5 Å². The van der Waals surface area contributed by atoms with Gasteiger partial charge in [0, 0.05) is 35.7 Å². The Kier molecular flexibility index (Phi) is 8.53. The van der Waals surface area contributed by atoms with Gasteiger partial charge in [0.05, 0.1) is 24.3 Å². The van der Waals surface area contributed by atoms with Crippen molar-refractivity contribution in [2.75, 3.05) is 31.8 Å². The maximum absolute atomic E-state index is 10.5. The van der Waals surface area contributed by atoms with Gasteiger partial charge in [0.25, 0.3) is 0 Å². The van der Waals surface area contributed by atoms with Gasteiger partial charge in [-0.1, -0.05) is 0 Å². The molecular weight excluding hydrogens is 293 g/mol. The zero-order valence-corrected chi connectivity index (χ0v) is 15.0. The van der Waals surface area contributed by atoms with Crippen LogP contribution >= 0.6 is 0 Å². The summed E-state index contributed by atoms with van der Waals surface area (Å²) in [5.41, 5.74) is 1.69. The Morgan fingerprint density at radius 1 is 1.25 bits per heavy atom. The quantitative estimate of drug-likeness (QED) is 0.369. The number of hydrogen-bond donors (Lipinski definition) is 1. The zero-order chi connectivity index (χ0) is 14.5. The summed E-state index contributed by atoms with van der Waals surface area (Å²) in [6.45, 7) is 2.27. The van der Waals surface area contributed by atoms with Crippen LogP contribution in [0.3, 0.4) is 0 Å². The molecular formula is C12H18NNaO5S. The van der Waals surface area contributed by atoms with Crippen molar-refractivity contribution < 1.29 is 52.0 Å². The van der Waals surface area contributed by atoms with Gasteiger partial charge in [-0.05, 0) is 13.3 Å². The van der Waals surface area contributed by atoms with Crippen LogP contribution in [0.5, 0.6) is 11.5 Å². The Hall–Kier alpha value is -0.470. The zero-order valence-electron chi connectivity index (χ0n) is 12.2. The number of rotatable bonds is 7. The second-order valence-corrected chi connectivity index (χ2v) is 5.57. The van der Waals surface area contributed by atoms with Gasteiger partial charge in [0.15, 0.2) is 0 Å². The minimum absolute atomic E-state index is 0. The predicted octanol–water partition coefficient (Wildman–Crippen LogP) is -1.64. The van der Waals surface area contributed by atoms with E-state index in [1.807, 2.05) is 6.92 Å². The Balaban J connectivity index is 0.00000361. The molecule has 0 fully saturated rings. The smallest absolute Gasteiger partial charge is 0.748 e. The molecule has 6 nitrogen and oxygen atoms in total. The maximum atomic E-state index is 10.5. The van der Waals surface area contributed by atoms with Gasteiger partial charge in [0.1, 0.15) is 11.5 Å². The fourth-order valence-corrected chi connectivity index (χ4v) is 2.15. The summed E-state index contributed by atoms with van der Waals surface area (Å²) in [6, 6.07) is 3.56. The van der Waals surface area contributed by atoms with Gasteiger partial charge in [-0.25, -0.2) is 8.42 Å². The summed E-state index contributed by atoms with van der Waals surface area (Å²) in [6.07, 6.45) is 0.255. The summed E-state index contributed by atoms with van der Waals surface area (Å²) in [7, 11) is -1.04. The number of methoxy groups -OCH3 is 2. The molecule has 0 atom stereocenters. The van der Waals surface area contributed by atoms with Gasteiger partial charge in [-0.15, -0.1) is 0 Å². The summed E-state index contributed by atoms with van der Waals surface area (Å²) in [5.74, 6) is 0.944. The van der Waals surface area contributed by atoms with Crippen molar-refractivity contribution in [3.05, 3.63) is 17.7 Å². The Bertz CT molecular complexity index is 533. The first-order valence-electron chi connectivity index (χ1n) is 5.77. The average Bonchev–Trinajstić information content (AvgIpc) is 2.35. The molecule has 8 heteroatoms. The second-order valence-electron chi connectivity index (χ2n) is 4.04. The number of hydrogen-bond acceptors (Lipinski definition) is 6. The Labute approximate surface area is 141 Å². The van der Waals surface area contributed by atoms with E-state index in [2.05, 4.69) is 5.32 Å². The molecule has 1 N–H and O–H groups in total. The van der Waals surface area contributed by atoms with Gasteiger partial charge in [-0.2, -0.15) is 0 Å². The number of benzene rings is 1. The first kappa shape index (κ1) is 19.5. The standard InChI is InChI=1S/C12H19NO5S.Na/c1-9-11(13-5-4-6-19(14,15)16)7-10(17-2)8-12(9)18-3;/h7-8,13H,4-6H2,1-3H3,(H,14,15,16);/q;+1/p-1. The molecule has 0 aliphatic carbocycles. The predicted molar refractivity (Wildman–Crippen MR) is 72.0 cm³/mol. The minimum atomic E-state index is -4.15. The van der Waals surface area contributed by atoms with Crippen LogP contribution in [0.1, 0.15) is 12.0 Å². The summed E-state index contributed by atoms with van der Waals surface area (Å²) in [5, 5.41) is 3.07. The molecule has 20 heavy (non-hydrogen) atoms.